The Morgan fingerprint density at radius 3 is 2.08 bits per heavy atom. The maximum atomic E-state index is 12.4. The van der Waals surface area contributed by atoms with Crippen LogP contribution in [0.4, 0.5) is 5.69 Å². The zero-order valence-corrected chi connectivity index (χ0v) is 15.6. The molecule has 5 heteroatoms. The Bertz CT molecular complexity index is 738. The first kappa shape index (κ1) is 19.3. The van der Waals surface area contributed by atoms with E-state index in [0.29, 0.717) is 5.69 Å². The Morgan fingerprint density at radius 1 is 0.840 bits per heavy atom. The molecule has 0 heterocycles. The lowest BCUT2D eigenvalue weighted by Gasteiger charge is -2.09. The largest absolute Gasteiger partial charge is 0.508 e. The van der Waals surface area contributed by atoms with E-state index in [9.17, 15) is 13.5 Å². The van der Waals surface area contributed by atoms with Crippen LogP contribution in [-0.4, -0.2) is 13.5 Å². The summed E-state index contributed by atoms with van der Waals surface area (Å²) in [6, 6.07) is 13.0. The molecule has 25 heavy (non-hydrogen) atoms. The summed E-state index contributed by atoms with van der Waals surface area (Å²) in [4.78, 5) is 0.243. The predicted octanol–water partition coefficient (Wildman–Crippen LogP) is 5.10. The lowest BCUT2D eigenvalue weighted by atomic mass is 10.1. The van der Waals surface area contributed by atoms with Gasteiger partial charge < -0.3 is 5.11 Å². The van der Waals surface area contributed by atoms with Gasteiger partial charge >= 0.3 is 0 Å². The van der Waals surface area contributed by atoms with Gasteiger partial charge in [-0.1, -0.05) is 51.2 Å². The van der Waals surface area contributed by atoms with Crippen molar-refractivity contribution in [1.82, 2.24) is 0 Å². The summed E-state index contributed by atoms with van der Waals surface area (Å²) >= 11 is 0. The summed E-state index contributed by atoms with van der Waals surface area (Å²) in [7, 11) is -3.61. The summed E-state index contributed by atoms with van der Waals surface area (Å²) < 4.78 is 27.3. The van der Waals surface area contributed by atoms with Crippen molar-refractivity contribution in [3.8, 4) is 5.75 Å². The summed E-state index contributed by atoms with van der Waals surface area (Å²) in [6.07, 6.45) is 8.49. The van der Waals surface area contributed by atoms with Crippen molar-refractivity contribution in [2.24, 2.45) is 0 Å². The zero-order valence-electron chi connectivity index (χ0n) is 14.7. The van der Waals surface area contributed by atoms with Gasteiger partial charge in [0.15, 0.2) is 0 Å². The van der Waals surface area contributed by atoms with Gasteiger partial charge in [-0.3, -0.25) is 4.72 Å². The lowest BCUT2D eigenvalue weighted by molar-refractivity contribution is 0.475. The van der Waals surface area contributed by atoms with Crippen molar-refractivity contribution in [3.05, 3.63) is 54.1 Å². The van der Waals surface area contributed by atoms with Gasteiger partial charge in [-0.05, 0) is 54.8 Å². The topological polar surface area (TPSA) is 66.4 Å². The second kappa shape index (κ2) is 9.47. The molecular weight excluding hydrogens is 334 g/mol. The molecule has 0 bridgehead atoms. The molecule has 2 aromatic carbocycles. The molecule has 0 aliphatic carbocycles. The summed E-state index contributed by atoms with van der Waals surface area (Å²) in [5, 5.41) is 9.26. The highest BCUT2D eigenvalue weighted by Gasteiger charge is 2.13. The molecule has 0 aliphatic heterocycles. The molecule has 136 valence electrons. The fourth-order valence-corrected chi connectivity index (χ4v) is 3.75. The number of hydrogen-bond donors (Lipinski definition) is 2. The molecule has 2 rings (SSSR count). The number of aryl methyl sites for hydroxylation is 1. The van der Waals surface area contributed by atoms with Crippen molar-refractivity contribution in [1.29, 1.82) is 0 Å². The van der Waals surface area contributed by atoms with Crippen molar-refractivity contribution in [2.45, 2.75) is 56.8 Å². The highest BCUT2D eigenvalue weighted by Crippen LogP contribution is 2.19. The Hall–Kier alpha value is -2.01. The van der Waals surface area contributed by atoms with E-state index in [0.717, 1.165) is 12.8 Å². The third kappa shape index (κ3) is 6.42. The SMILES string of the molecule is CCCCCCCCc1ccc(S(=O)(=O)Nc2ccc(O)cc2)cc1. The first-order chi connectivity index (χ1) is 12.0. The number of anilines is 1. The van der Waals surface area contributed by atoms with Gasteiger partial charge in [0, 0.05) is 5.69 Å². The molecule has 4 nitrogen and oxygen atoms in total. The summed E-state index contributed by atoms with van der Waals surface area (Å²) in [6.45, 7) is 2.21. The Kier molecular flexibility index (Phi) is 7.31. The second-order valence-electron chi connectivity index (χ2n) is 6.31. The Balaban J connectivity index is 1.88. The molecule has 2 aromatic rings. The van der Waals surface area contributed by atoms with E-state index in [4.69, 9.17) is 0 Å². The van der Waals surface area contributed by atoms with E-state index in [1.807, 2.05) is 12.1 Å². The standard InChI is InChI=1S/C20H27NO3S/c1-2-3-4-5-6-7-8-17-9-15-20(16-10-17)25(23,24)21-18-11-13-19(22)14-12-18/h9-16,21-22H,2-8H2,1H3. The molecule has 0 fully saturated rings. The maximum absolute atomic E-state index is 12.4. The van der Waals surface area contributed by atoms with Gasteiger partial charge in [-0.25, -0.2) is 8.42 Å². The van der Waals surface area contributed by atoms with E-state index in [1.165, 1.54) is 61.9 Å². The molecule has 0 saturated carbocycles. The number of nitrogens with one attached hydrogen (secondary N) is 1. The van der Waals surface area contributed by atoms with E-state index in [1.54, 1.807) is 12.1 Å². The van der Waals surface area contributed by atoms with Crippen LogP contribution in [0.25, 0.3) is 0 Å². The second-order valence-corrected chi connectivity index (χ2v) is 8.00. The van der Waals surface area contributed by atoms with Crippen molar-refractivity contribution >= 4 is 15.7 Å². The van der Waals surface area contributed by atoms with Crippen LogP contribution < -0.4 is 4.72 Å². The molecule has 0 spiro atoms. The minimum absolute atomic E-state index is 0.0991. The fourth-order valence-electron chi connectivity index (χ4n) is 2.69. The van der Waals surface area contributed by atoms with Gasteiger partial charge in [-0.15, -0.1) is 0 Å². The average Bonchev–Trinajstić information content (AvgIpc) is 2.60. The van der Waals surface area contributed by atoms with E-state index < -0.39 is 10.0 Å². The van der Waals surface area contributed by atoms with Crippen LogP contribution >= 0.6 is 0 Å². The van der Waals surface area contributed by atoms with E-state index in [-0.39, 0.29) is 10.6 Å². The van der Waals surface area contributed by atoms with Crippen LogP contribution in [0.5, 0.6) is 5.75 Å². The third-order valence-corrected chi connectivity index (χ3v) is 5.57. The van der Waals surface area contributed by atoms with Gasteiger partial charge in [0.05, 0.1) is 4.90 Å². The third-order valence-electron chi connectivity index (χ3n) is 4.17. The Morgan fingerprint density at radius 2 is 1.44 bits per heavy atom. The van der Waals surface area contributed by atoms with Gasteiger partial charge in [-0.2, -0.15) is 0 Å². The number of phenolic OH excluding ortho intramolecular Hbond substituents is 1. The number of unbranched alkanes of at least 4 members (excludes halogenated alkanes) is 5. The van der Waals surface area contributed by atoms with Crippen molar-refractivity contribution in [3.63, 3.8) is 0 Å². The average molecular weight is 362 g/mol. The highest BCUT2D eigenvalue weighted by molar-refractivity contribution is 7.92. The molecule has 0 radical (unpaired) electrons. The van der Waals surface area contributed by atoms with E-state index >= 15 is 0 Å². The molecule has 2 N–H and O–H groups in total. The summed E-state index contributed by atoms with van der Waals surface area (Å²) in [5.74, 6) is 0.0991. The molecule has 0 unspecified atom stereocenters. The molecule has 0 aliphatic rings. The normalized spacial score (nSPS) is 11.4. The van der Waals surface area contributed by atoms with Crippen LogP contribution in [0.3, 0.4) is 0 Å². The van der Waals surface area contributed by atoms with Gasteiger partial charge in [0.2, 0.25) is 0 Å². The molecular formula is C20H27NO3S. The first-order valence-electron chi connectivity index (χ1n) is 8.92. The predicted molar refractivity (Wildman–Crippen MR) is 102 cm³/mol. The molecule has 0 atom stereocenters. The number of phenols is 1. The molecule has 0 saturated heterocycles. The highest BCUT2D eigenvalue weighted by atomic mass is 32.2. The summed E-state index contributed by atoms with van der Waals surface area (Å²) in [5.41, 5.74) is 1.59. The number of benzene rings is 2. The van der Waals surface area contributed by atoms with Crippen LogP contribution in [-0.2, 0) is 16.4 Å². The minimum Gasteiger partial charge on any atom is -0.508 e. The van der Waals surface area contributed by atoms with Crippen LogP contribution in [0.1, 0.15) is 51.0 Å². The van der Waals surface area contributed by atoms with Crippen molar-refractivity contribution in [2.75, 3.05) is 4.72 Å². The number of sulfonamides is 1. The smallest absolute Gasteiger partial charge is 0.261 e. The van der Waals surface area contributed by atoms with Gasteiger partial charge in [0.1, 0.15) is 5.75 Å². The fraction of sp³-hybridized carbons (Fsp3) is 0.400. The first-order valence-corrected chi connectivity index (χ1v) is 10.4. The molecule has 0 aromatic heterocycles. The molecule has 0 amide bonds. The number of rotatable bonds is 10. The monoisotopic (exact) mass is 361 g/mol. The quantitative estimate of drug-likeness (QED) is 0.457. The maximum Gasteiger partial charge on any atom is 0.261 e. The van der Waals surface area contributed by atoms with Crippen LogP contribution in [0.2, 0.25) is 0 Å². The van der Waals surface area contributed by atoms with E-state index in [2.05, 4.69) is 11.6 Å². The number of aromatic hydroxyl groups is 1. The minimum atomic E-state index is -3.61. The lowest BCUT2D eigenvalue weighted by Crippen LogP contribution is -2.12. The van der Waals surface area contributed by atoms with Crippen LogP contribution in [0.15, 0.2) is 53.4 Å². The van der Waals surface area contributed by atoms with Gasteiger partial charge in [0.25, 0.3) is 10.0 Å². The number of hydrogen-bond acceptors (Lipinski definition) is 3. The zero-order chi connectivity index (χ0) is 18.1. The Labute approximate surface area is 151 Å². The van der Waals surface area contributed by atoms with Crippen LogP contribution in [0, 0.1) is 0 Å². The van der Waals surface area contributed by atoms with Crippen molar-refractivity contribution < 1.29 is 13.5 Å².